The van der Waals surface area contributed by atoms with Crippen molar-refractivity contribution in [3.63, 3.8) is 0 Å². The van der Waals surface area contributed by atoms with Crippen molar-refractivity contribution in [2.75, 3.05) is 6.54 Å². The van der Waals surface area contributed by atoms with Crippen LogP contribution in [0.15, 0.2) is 28.0 Å². The van der Waals surface area contributed by atoms with Crippen molar-refractivity contribution in [1.82, 2.24) is 24.1 Å². The van der Waals surface area contributed by atoms with E-state index in [0.29, 0.717) is 5.69 Å². The minimum Gasteiger partial charge on any atom is -0.329 e. The quantitative estimate of drug-likeness (QED) is 0.686. The molecule has 0 aliphatic heterocycles. The normalized spacial score (nSPS) is 10.8. The van der Waals surface area contributed by atoms with Gasteiger partial charge in [-0.1, -0.05) is 5.21 Å². The predicted molar refractivity (Wildman–Crippen MR) is 64.1 cm³/mol. The van der Waals surface area contributed by atoms with Crippen molar-refractivity contribution < 1.29 is 0 Å². The van der Waals surface area contributed by atoms with Gasteiger partial charge in [-0.3, -0.25) is 18.6 Å². The molecule has 0 amide bonds. The third-order valence-electron chi connectivity index (χ3n) is 2.47. The number of rotatable bonds is 4. The van der Waals surface area contributed by atoms with E-state index in [1.165, 1.54) is 16.8 Å². The summed E-state index contributed by atoms with van der Waals surface area (Å²) in [7, 11) is 1.74. The van der Waals surface area contributed by atoms with E-state index in [0.717, 1.165) is 4.57 Å². The third kappa shape index (κ3) is 2.38. The molecule has 96 valence electrons. The number of hydrogen-bond donors (Lipinski definition) is 1. The molecule has 0 fully saturated rings. The van der Waals surface area contributed by atoms with Crippen molar-refractivity contribution in [3.05, 3.63) is 45.0 Å². The highest BCUT2D eigenvalue weighted by atomic mass is 16.2. The van der Waals surface area contributed by atoms with Crippen LogP contribution < -0.4 is 17.0 Å². The zero-order valence-corrected chi connectivity index (χ0v) is 9.98. The SMILES string of the molecule is Cn1cc(Cn2ccc(=O)n(CCN)c2=O)nn1. The summed E-state index contributed by atoms with van der Waals surface area (Å²) in [6.07, 6.45) is 3.16. The molecule has 0 atom stereocenters. The van der Waals surface area contributed by atoms with E-state index in [9.17, 15) is 9.59 Å². The van der Waals surface area contributed by atoms with Crippen molar-refractivity contribution >= 4 is 0 Å². The first kappa shape index (κ1) is 12.2. The van der Waals surface area contributed by atoms with Crippen LogP contribution in [-0.2, 0) is 20.1 Å². The van der Waals surface area contributed by atoms with Crippen LogP contribution in [0.2, 0.25) is 0 Å². The minimum atomic E-state index is -0.390. The number of nitrogens with two attached hydrogens (primary N) is 1. The molecule has 0 bridgehead atoms. The van der Waals surface area contributed by atoms with Crippen molar-refractivity contribution in [2.45, 2.75) is 13.1 Å². The van der Waals surface area contributed by atoms with Crippen molar-refractivity contribution in [3.8, 4) is 0 Å². The van der Waals surface area contributed by atoms with E-state index in [-0.39, 0.29) is 25.2 Å². The van der Waals surface area contributed by atoms with E-state index >= 15 is 0 Å². The monoisotopic (exact) mass is 250 g/mol. The van der Waals surface area contributed by atoms with Crippen LogP contribution in [0, 0.1) is 0 Å². The van der Waals surface area contributed by atoms with Gasteiger partial charge in [0, 0.05) is 38.6 Å². The molecule has 0 aliphatic carbocycles. The highest BCUT2D eigenvalue weighted by molar-refractivity contribution is 4.96. The Morgan fingerprint density at radius 2 is 2.17 bits per heavy atom. The summed E-state index contributed by atoms with van der Waals surface area (Å²) < 4.78 is 4.06. The lowest BCUT2D eigenvalue weighted by atomic mass is 10.4. The molecule has 18 heavy (non-hydrogen) atoms. The Morgan fingerprint density at radius 1 is 1.39 bits per heavy atom. The molecule has 8 heteroatoms. The van der Waals surface area contributed by atoms with Crippen LogP contribution in [-0.4, -0.2) is 30.7 Å². The Kier molecular flexibility index (Phi) is 3.38. The van der Waals surface area contributed by atoms with Crippen LogP contribution in [0.3, 0.4) is 0 Å². The third-order valence-corrected chi connectivity index (χ3v) is 2.47. The second-order valence-corrected chi connectivity index (χ2v) is 3.89. The number of aryl methyl sites for hydroxylation is 1. The fourth-order valence-electron chi connectivity index (χ4n) is 1.65. The Labute approximate surface area is 102 Å². The molecule has 0 aromatic carbocycles. The molecule has 0 unspecified atom stereocenters. The number of hydrogen-bond acceptors (Lipinski definition) is 5. The summed E-state index contributed by atoms with van der Waals surface area (Å²) in [6, 6.07) is 1.34. The molecular weight excluding hydrogens is 236 g/mol. The van der Waals surface area contributed by atoms with Gasteiger partial charge >= 0.3 is 5.69 Å². The minimum absolute atomic E-state index is 0.207. The Morgan fingerprint density at radius 3 is 2.78 bits per heavy atom. The van der Waals surface area contributed by atoms with E-state index < -0.39 is 5.69 Å². The van der Waals surface area contributed by atoms with E-state index in [4.69, 9.17) is 5.73 Å². The van der Waals surface area contributed by atoms with Gasteiger partial charge < -0.3 is 5.73 Å². The molecule has 2 N–H and O–H groups in total. The maximum absolute atomic E-state index is 12.0. The van der Waals surface area contributed by atoms with Gasteiger partial charge in [0.15, 0.2) is 0 Å². The molecule has 2 heterocycles. The van der Waals surface area contributed by atoms with Crippen LogP contribution in [0.25, 0.3) is 0 Å². The van der Waals surface area contributed by atoms with Gasteiger partial charge in [-0.05, 0) is 0 Å². The van der Waals surface area contributed by atoms with E-state index in [2.05, 4.69) is 10.3 Å². The fourth-order valence-corrected chi connectivity index (χ4v) is 1.65. The summed E-state index contributed by atoms with van der Waals surface area (Å²) in [5.74, 6) is 0. The van der Waals surface area contributed by atoms with Crippen LogP contribution in [0.4, 0.5) is 0 Å². The maximum Gasteiger partial charge on any atom is 0.331 e. The molecule has 2 aromatic rings. The molecule has 8 nitrogen and oxygen atoms in total. The standard InChI is InChI=1S/C10H14N6O2/c1-14-6-8(12-13-14)7-15-4-2-9(17)16(5-3-11)10(15)18/h2,4,6H,3,5,7,11H2,1H3. The molecular formula is C10H14N6O2. The molecule has 2 rings (SSSR count). The lowest BCUT2D eigenvalue weighted by Gasteiger charge is -2.07. The lowest BCUT2D eigenvalue weighted by Crippen LogP contribution is -2.40. The largest absolute Gasteiger partial charge is 0.331 e. The molecule has 0 saturated carbocycles. The number of nitrogens with zero attached hydrogens (tertiary/aromatic N) is 5. The van der Waals surface area contributed by atoms with Gasteiger partial charge in [0.25, 0.3) is 5.56 Å². The second-order valence-electron chi connectivity index (χ2n) is 3.89. The Balaban J connectivity index is 2.37. The first-order valence-corrected chi connectivity index (χ1v) is 5.47. The zero-order chi connectivity index (χ0) is 13.1. The lowest BCUT2D eigenvalue weighted by molar-refractivity contribution is 0.575. The van der Waals surface area contributed by atoms with Gasteiger partial charge in [0.05, 0.1) is 6.54 Å². The van der Waals surface area contributed by atoms with Gasteiger partial charge in [-0.15, -0.1) is 5.10 Å². The summed E-state index contributed by atoms with van der Waals surface area (Å²) in [5, 5.41) is 7.67. The fraction of sp³-hybridized carbons (Fsp3) is 0.400. The van der Waals surface area contributed by atoms with E-state index in [1.54, 1.807) is 17.9 Å². The predicted octanol–water partition coefficient (Wildman–Crippen LogP) is -1.85. The maximum atomic E-state index is 12.0. The highest BCUT2D eigenvalue weighted by Crippen LogP contribution is 1.93. The second kappa shape index (κ2) is 4.96. The molecule has 0 radical (unpaired) electrons. The van der Waals surface area contributed by atoms with Crippen molar-refractivity contribution in [2.24, 2.45) is 12.8 Å². The van der Waals surface area contributed by atoms with Crippen LogP contribution in [0.1, 0.15) is 5.69 Å². The van der Waals surface area contributed by atoms with Crippen LogP contribution in [0.5, 0.6) is 0 Å². The van der Waals surface area contributed by atoms with Crippen LogP contribution >= 0.6 is 0 Å². The smallest absolute Gasteiger partial charge is 0.329 e. The Bertz CT molecular complexity index is 653. The first-order chi connectivity index (χ1) is 8.61. The first-order valence-electron chi connectivity index (χ1n) is 5.47. The number of aromatic nitrogens is 5. The van der Waals surface area contributed by atoms with E-state index in [1.807, 2.05) is 0 Å². The van der Waals surface area contributed by atoms with Gasteiger partial charge in [0.1, 0.15) is 5.69 Å². The van der Waals surface area contributed by atoms with Gasteiger partial charge in [-0.25, -0.2) is 4.79 Å². The molecule has 0 aliphatic rings. The molecule has 0 saturated heterocycles. The summed E-state index contributed by atoms with van der Waals surface area (Å²) in [6.45, 7) is 0.723. The zero-order valence-electron chi connectivity index (χ0n) is 9.98. The average Bonchev–Trinajstić information content (AvgIpc) is 2.74. The Hall–Kier alpha value is -2.22. The summed E-state index contributed by atoms with van der Waals surface area (Å²) in [4.78, 5) is 23.5. The van der Waals surface area contributed by atoms with Gasteiger partial charge in [-0.2, -0.15) is 0 Å². The van der Waals surface area contributed by atoms with Crippen molar-refractivity contribution in [1.29, 1.82) is 0 Å². The topological polar surface area (TPSA) is 101 Å². The van der Waals surface area contributed by atoms with Gasteiger partial charge in [0.2, 0.25) is 0 Å². The molecule has 2 aromatic heterocycles. The summed E-state index contributed by atoms with van der Waals surface area (Å²) >= 11 is 0. The summed E-state index contributed by atoms with van der Waals surface area (Å²) in [5.41, 5.74) is 5.28. The molecule has 0 spiro atoms. The average molecular weight is 250 g/mol. The highest BCUT2D eigenvalue weighted by Gasteiger charge is 2.06.